The number of carbonyl (C=O) groups excluding carboxylic acids is 1. The van der Waals surface area contributed by atoms with E-state index in [4.69, 9.17) is 4.74 Å². The molecule has 2 aromatic heterocycles. The van der Waals surface area contributed by atoms with Crippen LogP contribution in [0.5, 0.6) is 0 Å². The molecule has 1 N–H and O–H groups in total. The molecule has 0 radical (unpaired) electrons. The van der Waals surface area contributed by atoms with Gasteiger partial charge in [-0.25, -0.2) is 28.7 Å². The number of hydrogen-bond acceptors (Lipinski definition) is 6. The molecular weight excluding hydrogens is 475 g/mol. The molecule has 3 heterocycles. The van der Waals surface area contributed by atoms with Crippen LogP contribution in [-0.2, 0) is 10.9 Å². The van der Waals surface area contributed by atoms with Gasteiger partial charge in [0.2, 0.25) is 11.7 Å². The highest BCUT2D eigenvalue weighted by atomic mass is 19.4. The molecule has 5 rings (SSSR count). The number of halogens is 5. The number of ether oxygens (including phenoxy) is 1. The van der Waals surface area contributed by atoms with Crippen LogP contribution in [0, 0.1) is 11.6 Å². The SMILES string of the molecule is O=C(Nc1cnc(-n2c(C(F)(F)F)nc3cc(C4=NCCO4)ccc32)cn1)c1c(F)cccc1F. The van der Waals surface area contributed by atoms with Gasteiger partial charge in [-0.3, -0.25) is 9.36 Å². The zero-order chi connectivity index (χ0) is 24.7. The lowest BCUT2D eigenvalue weighted by molar-refractivity contribution is -0.145. The summed E-state index contributed by atoms with van der Waals surface area (Å²) in [6, 6.07) is 7.32. The summed E-state index contributed by atoms with van der Waals surface area (Å²) in [7, 11) is 0. The van der Waals surface area contributed by atoms with Crippen molar-refractivity contribution in [2.24, 2.45) is 4.99 Å². The highest BCUT2D eigenvalue weighted by Gasteiger charge is 2.38. The maximum Gasteiger partial charge on any atom is 0.450 e. The van der Waals surface area contributed by atoms with E-state index < -0.39 is 35.1 Å². The molecule has 35 heavy (non-hydrogen) atoms. The highest BCUT2D eigenvalue weighted by Crippen LogP contribution is 2.33. The summed E-state index contributed by atoms with van der Waals surface area (Å²) in [4.78, 5) is 27.9. The Morgan fingerprint density at radius 1 is 1.06 bits per heavy atom. The minimum Gasteiger partial charge on any atom is -0.476 e. The lowest BCUT2D eigenvalue weighted by atomic mass is 10.2. The number of amides is 1. The van der Waals surface area contributed by atoms with E-state index in [0.717, 1.165) is 35.2 Å². The predicted molar refractivity (Wildman–Crippen MR) is 113 cm³/mol. The van der Waals surface area contributed by atoms with Gasteiger partial charge in [-0.1, -0.05) is 6.07 Å². The number of rotatable bonds is 4. The lowest BCUT2D eigenvalue weighted by Gasteiger charge is -2.11. The van der Waals surface area contributed by atoms with Crippen molar-refractivity contribution in [3.05, 3.63) is 77.4 Å². The van der Waals surface area contributed by atoms with Crippen LogP contribution < -0.4 is 5.32 Å². The van der Waals surface area contributed by atoms with Crippen LogP contribution in [0.25, 0.3) is 16.9 Å². The highest BCUT2D eigenvalue weighted by molar-refractivity contribution is 6.04. The first-order valence-electron chi connectivity index (χ1n) is 10.1. The van der Waals surface area contributed by atoms with Crippen molar-refractivity contribution < 1.29 is 31.5 Å². The molecule has 8 nitrogen and oxygen atoms in total. The lowest BCUT2D eigenvalue weighted by Crippen LogP contribution is -2.18. The van der Waals surface area contributed by atoms with Gasteiger partial charge < -0.3 is 10.1 Å². The summed E-state index contributed by atoms with van der Waals surface area (Å²) in [5.74, 6) is -4.67. The number of anilines is 1. The summed E-state index contributed by atoms with van der Waals surface area (Å²) in [6.07, 6.45) is -2.88. The van der Waals surface area contributed by atoms with Crippen LogP contribution >= 0.6 is 0 Å². The second kappa shape index (κ2) is 8.42. The molecule has 0 atom stereocenters. The van der Waals surface area contributed by atoms with Gasteiger partial charge in [-0.15, -0.1) is 0 Å². The molecule has 0 aliphatic carbocycles. The van der Waals surface area contributed by atoms with Crippen molar-refractivity contribution in [1.82, 2.24) is 19.5 Å². The Morgan fingerprint density at radius 2 is 1.83 bits per heavy atom. The molecule has 2 aromatic carbocycles. The minimum absolute atomic E-state index is 0.0298. The molecule has 0 saturated heterocycles. The quantitative estimate of drug-likeness (QED) is 0.436. The largest absolute Gasteiger partial charge is 0.476 e. The molecule has 0 bridgehead atoms. The van der Waals surface area contributed by atoms with E-state index >= 15 is 0 Å². The number of alkyl halides is 3. The fraction of sp³-hybridized carbons (Fsp3) is 0.136. The van der Waals surface area contributed by atoms with Crippen molar-refractivity contribution in [1.29, 1.82) is 0 Å². The summed E-state index contributed by atoms with van der Waals surface area (Å²) < 4.78 is 75.1. The van der Waals surface area contributed by atoms with Gasteiger partial charge >= 0.3 is 6.18 Å². The van der Waals surface area contributed by atoms with Crippen LogP contribution in [0.1, 0.15) is 21.7 Å². The number of aliphatic imine (C=N–C) groups is 1. The first-order valence-corrected chi connectivity index (χ1v) is 10.1. The monoisotopic (exact) mass is 488 g/mol. The van der Waals surface area contributed by atoms with E-state index in [1.807, 2.05) is 0 Å². The first kappa shape index (κ1) is 22.4. The number of benzene rings is 2. The van der Waals surface area contributed by atoms with Gasteiger partial charge in [0.25, 0.3) is 5.91 Å². The maximum atomic E-state index is 13.8. The Balaban J connectivity index is 1.50. The number of hydrogen-bond donors (Lipinski definition) is 1. The third-order valence-corrected chi connectivity index (χ3v) is 5.04. The Morgan fingerprint density at radius 3 is 2.46 bits per heavy atom. The Hall–Kier alpha value is -4.42. The third kappa shape index (κ3) is 4.16. The number of imidazole rings is 1. The topological polar surface area (TPSA) is 94.3 Å². The van der Waals surface area contributed by atoms with E-state index in [-0.39, 0.29) is 22.7 Å². The molecule has 0 fully saturated rings. The summed E-state index contributed by atoms with van der Waals surface area (Å²) in [5.41, 5.74) is -0.218. The summed E-state index contributed by atoms with van der Waals surface area (Å²) in [5, 5.41) is 2.17. The van der Waals surface area contributed by atoms with E-state index in [1.54, 1.807) is 6.07 Å². The molecule has 0 unspecified atom stereocenters. The molecule has 13 heteroatoms. The zero-order valence-electron chi connectivity index (χ0n) is 17.5. The van der Waals surface area contributed by atoms with Crippen LogP contribution in [0.3, 0.4) is 0 Å². The predicted octanol–water partition coefficient (Wildman–Crippen LogP) is 4.14. The molecule has 0 saturated carbocycles. The van der Waals surface area contributed by atoms with Gasteiger partial charge in [0.05, 0.1) is 30.0 Å². The van der Waals surface area contributed by atoms with Crippen molar-refractivity contribution >= 4 is 28.7 Å². The number of fused-ring (bicyclic) bond motifs is 1. The number of nitrogens with one attached hydrogen (secondary N) is 1. The van der Waals surface area contributed by atoms with Crippen LogP contribution in [0.15, 0.2) is 53.8 Å². The first-order chi connectivity index (χ1) is 16.7. The number of carbonyl (C=O) groups is 1. The van der Waals surface area contributed by atoms with Gasteiger partial charge in [-0.2, -0.15) is 13.2 Å². The van der Waals surface area contributed by atoms with Crippen LogP contribution in [-0.4, -0.2) is 44.5 Å². The van der Waals surface area contributed by atoms with Crippen molar-refractivity contribution in [3.8, 4) is 5.82 Å². The molecule has 4 aromatic rings. The molecule has 0 spiro atoms. The normalized spacial score (nSPS) is 13.6. The molecule has 1 aliphatic heterocycles. The third-order valence-electron chi connectivity index (χ3n) is 5.04. The second-order valence-electron chi connectivity index (χ2n) is 7.32. The van der Waals surface area contributed by atoms with Crippen molar-refractivity contribution in [3.63, 3.8) is 0 Å². The molecule has 178 valence electrons. The molecular formula is C22H13F5N6O2. The fourth-order valence-electron chi connectivity index (χ4n) is 3.54. The van der Waals surface area contributed by atoms with Gasteiger partial charge in [0.15, 0.2) is 11.6 Å². The van der Waals surface area contributed by atoms with Gasteiger partial charge in [0.1, 0.15) is 23.8 Å². The van der Waals surface area contributed by atoms with E-state index in [9.17, 15) is 26.7 Å². The van der Waals surface area contributed by atoms with E-state index in [1.165, 1.54) is 12.1 Å². The minimum atomic E-state index is -4.82. The Kier molecular flexibility index (Phi) is 5.38. The number of aromatic nitrogens is 4. The van der Waals surface area contributed by atoms with Crippen molar-refractivity contribution in [2.75, 3.05) is 18.5 Å². The molecule has 1 aliphatic rings. The zero-order valence-corrected chi connectivity index (χ0v) is 17.5. The maximum absolute atomic E-state index is 13.8. The number of nitrogens with zero attached hydrogens (tertiary/aromatic N) is 5. The summed E-state index contributed by atoms with van der Waals surface area (Å²) >= 11 is 0. The van der Waals surface area contributed by atoms with Gasteiger partial charge in [0, 0.05) is 5.56 Å². The average Bonchev–Trinajstić information content (AvgIpc) is 3.47. The smallest absolute Gasteiger partial charge is 0.450 e. The molecule has 1 amide bonds. The fourth-order valence-corrected chi connectivity index (χ4v) is 3.54. The standard InChI is InChI=1S/C22H13F5N6O2/c23-12-2-1-3-13(24)18(12)19(34)32-16-9-30-17(10-29-16)33-15-5-4-11(20-28-6-7-35-20)8-14(15)31-21(33)22(25,26)27/h1-5,8-10H,6-7H2,(H,29,32,34). The Labute approximate surface area is 193 Å². The second-order valence-corrected chi connectivity index (χ2v) is 7.32. The van der Waals surface area contributed by atoms with Crippen LogP contribution in [0.2, 0.25) is 0 Å². The van der Waals surface area contributed by atoms with E-state index in [0.29, 0.717) is 24.6 Å². The average molecular weight is 488 g/mol. The van der Waals surface area contributed by atoms with Crippen molar-refractivity contribution in [2.45, 2.75) is 6.18 Å². The Bertz CT molecular complexity index is 1460. The van der Waals surface area contributed by atoms with Crippen LogP contribution in [0.4, 0.5) is 27.8 Å². The summed E-state index contributed by atoms with van der Waals surface area (Å²) in [6.45, 7) is 0.843. The van der Waals surface area contributed by atoms with Gasteiger partial charge in [-0.05, 0) is 30.3 Å². The van der Waals surface area contributed by atoms with E-state index in [2.05, 4.69) is 25.3 Å².